The van der Waals surface area contributed by atoms with Crippen molar-refractivity contribution < 1.29 is 14.4 Å². The van der Waals surface area contributed by atoms with Crippen LogP contribution in [-0.4, -0.2) is 26.2 Å². The maximum atomic E-state index is 13.4. The molecule has 0 aliphatic rings. The van der Waals surface area contributed by atoms with Gasteiger partial charge < -0.3 is 9.57 Å². The third-order valence-corrected chi connectivity index (χ3v) is 5.43. The van der Waals surface area contributed by atoms with Gasteiger partial charge in [0.2, 0.25) is 5.62 Å². The number of H-pyrrole nitrogens is 1. The number of aromatic nitrogens is 3. The van der Waals surface area contributed by atoms with Crippen molar-refractivity contribution in [3.8, 4) is 5.75 Å². The second-order valence-electron chi connectivity index (χ2n) is 8.76. The van der Waals surface area contributed by atoms with E-state index >= 15 is 0 Å². The molecule has 0 spiro atoms. The van der Waals surface area contributed by atoms with Gasteiger partial charge in [-0.05, 0) is 44.5 Å². The van der Waals surface area contributed by atoms with Gasteiger partial charge in [-0.15, -0.1) is 0 Å². The second kappa shape index (κ2) is 11.5. The smallest absolute Gasteiger partial charge is 0.335 e. The number of carbonyl (C=O) groups excluding carboxylic acids is 1. The lowest BCUT2D eigenvalue weighted by Crippen LogP contribution is -2.51. The van der Waals surface area contributed by atoms with Crippen LogP contribution in [0.2, 0.25) is 0 Å². The van der Waals surface area contributed by atoms with Gasteiger partial charge in [0.05, 0.1) is 24.3 Å². The van der Waals surface area contributed by atoms with Gasteiger partial charge in [-0.25, -0.2) is 19.1 Å². The summed E-state index contributed by atoms with van der Waals surface area (Å²) in [4.78, 5) is 49.6. The summed E-state index contributed by atoms with van der Waals surface area (Å²) in [5.41, 5.74) is 1.84. The quantitative estimate of drug-likeness (QED) is 0.440. The van der Waals surface area contributed by atoms with Gasteiger partial charge in [0.25, 0.3) is 0 Å². The third kappa shape index (κ3) is 6.28. The molecule has 0 bridgehead atoms. The number of aromatic amines is 1. The number of hydrogen-bond donors (Lipinski definition) is 2. The number of nitrogens with zero attached hydrogens (tertiary/aromatic N) is 3. The fraction of sp³-hybridized carbons (Fsp3) is 0.308. The molecule has 190 valence electrons. The lowest BCUT2D eigenvalue weighted by molar-refractivity contribution is -0.149. The molecule has 0 fully saturated rings. The molecule has 0 amide bonds. The minimum Gasteiger partial charge on any atom is -0.490 e. The van der Waals surface area contributed by atoms with Crippen LogP contribution in [0.5, 0.6) is 5.75 Å². The summed E-state index contributed by atoms with van der Waals surface area (Å²) >= 11 is 0. The van der Waals surface area contributed by atoms with Crippen molar-refractivity contribution >= 4 is 17.7 Å². The molecule has 36 heavy (non-hydrogen) atoms. The molecule has 0 saturated heterocycles. The van der Waals surface area contributed by atoms with Crippen LogP contribution in [0, 0.1) is 12.8 Å². The highest BCUT2D eigenvalue weighted by molar-refractivity contribution is 5.71. The first-order chi connectivity index (χ1) is 17.1. The molecule has 3 aromatic rings. The zero-order valence-electron chi connectivity index (χ0n) is 20.9. The van der Waals surface area contributed by atoms with Crippen LogP contribution < -0.4 is 27.6 Å². The molecule has 0 aliphatic carbocycles. The summed E-state index contributed by atoms with van der Waals surface area (Å²) in [7, 11) is 0. The van der Waals surface area contributed by atoms with Gasteiger partial charge in [0, 0.05) is 12.1 Å². The minimum absolute atomic E-state index is 0.0222. The Labute approximate surface area is 208 Å². The predicted molar refractivity (Wildman–Crippen MR) is 137 cm³/mol. The summed E-state index contributed by atoms with van der Waals surface area (Å²) in [5, 5.41) is 0. The van der Waals surface area contributed by atoms with Crippen LogP contribution in [0.25, 0.3) is 6.08 Å². The maximum absolute atomic E-state index is 13.4. The van der Waals surface area contributed by atoms with Crippen LogP contribution in [0.4, 0.5) is 5.69 Å². The molecular formula is C26H31N5O5. The molecule has 1 atom stereocenters. The maximum Gasteiger partial charge on any atom is 0.335 e. The van der Waals surface area contributed by atoms with Crippen LogP contribution in [0.3, 0.4) is 0 Å². The van der Waals surface area contributed by atoms with E-state index in [0.717, 1.165) is 21.3 Å². The van der Waals surface area contributed by atoms with Crippen molar-refractivity contribution in [2.75, 3.05) is 0 Å². The number of rotatable bonds is 9. The zero-order chi connectivity index (χ0) is 26.4. The highest BCUT2D eigenvalue weighted by atomic mass is 16.7. The van der Waals surface area contributed by atoms with Crippen molar-refractivity contribution in [3.63, 3.8) is 0 Å². The molecule has 0 radical (unpaired) electrons. The van der Waals surface area contributed by atoms with Crippen LogP contribution in [0.15, 0.2) is 63.6 Å². The van der Waals surface area contributed by atoms with Crippen LogP contribution >= 0.6 is 0 Å². The summed E-state index contributed by atoms with van der Waals surface area (Å²) in [5.74, 6) is 4.06. The first-order valence-electron chi connectivity index (χ1n) is 11.5. The van der Waals surface area contributed by atoms with E-state index in [2.05, 4.69) is 21.4 Å². The Kier molecular flexibility index (Phi) is 8.44. The van der Waals surface area contributed by atoms with Crippen molar-refractivity contribution in [1.82, 2.24) is 14.1 Å². The van der Waals surface area contributed by atoms with Gasteiger partial charge >= 0.3 is 17.3 Å². The molecule has 10 nitrogen and oxygen atoms in total. The fourth-order valence-electron chi connectivity index (χ4n) is 3.53. The molecule has 3 rings (SSSR count). The minimum atomic E-state index is -0.812. The van der Waals surface area contributed by atoms with E-state index in [1.807, 2.05) is 45.0 Å². The topological polar surface area (TPSA) is 134 Å². The van der Waals surface area contributed by atoms with E-state index in [1.165, 1.54) is 11.5 Å². The molecule has 1 aromatic heterocycles. The average molecular weight is 494 g/mol. The van der Waals surface area contributed by atoms with Gasteiger partial charge in [-0.1, -0.05) is 49.4 Å². The van der Waals surface area contributed by atoms with E-state index in [-0.39, 0.29) is 24.8 Å². The first kappa shape index (κ1) is 26.4. The normalized spacial score (nSPS) is 12.4. The third-order valence-electron chi connectivity index (χ3n) is 5.43. The summed E-state index contributed by atoms with van der Waals surface area (Å²) < 4.78 is 8.08. The molecule has 0 unspecified atom stereocenters. The molecule has 2 aromatic carbocycles. The Hall–Kier alpha value is -4.18. The Balaban J connectivity index is 2.18. The molecule has 1 heterocycles. The monoisotopic (exact) mass is 493 g/mol. The number of ether oxygens (including phenoxy) is 1. The fourth-order valence-corrected chi connectivity index (χ4v) is 3.53. The number of nitrogens with one attached hydrogen (secondary N) is 1. The molecule has 0 saturated carbocycles. The van der Waals surface area contributed by atoms with E-state index in [1.54, 1.807) is 24.3 Å². The summed E-state index contributed by atoms with van der Waals surface area (Å²) in [6.07, 6.45) is 1.63. The number of nitrogens with two attached hydrogens (primary N) is 1. The summed E-state index contributed by atoms with van der Waals surface area (Å²) in [6.45, 7) is 11.1. The lowest BCUT2D eigenvalue weighted by Gasteiger charge is -2.14. The van der Waals surface area contributed by atoms with Crippen molar-refractivity contribution in [2.24, 2.45) is 16.8 Å². The van der Waals surface area contributed by atoms with Crippen LogP contribution in [0.1, 0.15) is 37.5 Å². The summed E-state index contributed by atoms with van der Waals surface area (Å²) in [6, 6.07) is 12.9. The Morgan fingerprint density at radius 3 is 2.44 bits per heavy atom. The highest BCUT2D eigenvalue weighted by Crippen LogP contribution is 2.26. The molecular weight excluding hydrogens is 462 g/mol. The van der Waals surface area contributed by atoms with E-state index in [4.69, 9.17) is 10.6 Å². The van der Waals surface area contributed by atoms with Gasteiger partial charge in [-0.3, -0.25) is 14.3 Å². The zero-order valence-corrected chi connectivity index (χ0v) is 20.9. The van der Waals surface area contributed by atoms with Gasteiger partial charge in [-0.2, -0.15) is 5.90 Å². The Morgan fingerprint density at radius 1 is 1.14 bits per heavy atom. The molecule has 0 aliphatic heterocycles. The number of aryl methyl sites for hydroxylation is 1. The van der Waals surface area contributed by atoms with Crippen molar-refractivity contribution in [1.29, 1.82) is 0 Å². The van der Waals surface area contributed by atoms with E-state index < -0.39 is 23.3 Å². The van der Waals surface area contributed by atoms with E-state index in [9.17, 15) is 14.4 Å². The number of benzene rings is 2. The van der Waals surface area contributed by atoms with Crippen molar-refractivity contribution in [3.05, 3.63) is 92.3 Å². The molecule has 3 N–H and O–H groups in total. The average Bonchev–Trinajstić information content (AvgIpc) is 2.85. The Morgan fingerprint density at radius 2 is 1.83 bits per heavy atom. The van der Waals surface area contributed by atoms with Crippen LogP contribution in [-0.2, 0) is 22.7 Å². The number of hydrogen-bond acceptors (Lipinski definition) is 7. The van der Waals surface area contributed by atoms with Gasteiger partial charge in [0.15, 0.2) is 0 Å². The number of carbonyl (C=O) groups is 1. The Bertz CT molecular complexity index is 1430. The van der Waals surface area contributed by atoms with Crippen molar-refractivity contribution in [2.45, 2.75) is 46.9 Å². The highest BCUT2D eigenvalue weighted by Gasteiger charge is 2.19. The first-order valence-corrected chi connectivity index (χ1v) is 11.5. The SMILES string of the molecule is C=Cc1cc(/N=c2\[nH]c(=O)n(C[C@H](C)C(=O)ON)c(=O)n2Cc2ccc(C)cc2)ccc1OC(C)C. The standard InChI is InChI=1S/C26H31N5O5/c1-6-20-13-21(11-12-22(20)35-16(2)3)28-24-29-25(33)31(14-18(5)23(32)36-27)26(34)30(24)15-19-9-7-17(4)8-10-19/h6-13,16,18H,1,14-15,27H2,2-5H3,(H,28,29,33)/t18-/m0/s1. The lowest BCUT2D eigenvalue weighted by atomic mass is 10.1. The van der Waals surface area contributed by atoms with E-state index in [0.29, 0.717) is 11.4 Å². The second-order valence-corrected chi connectivity index (χ2v) is 8.76. The molecule has 10 heteroatoms. The predicted octanol–water partition coefficient (Wildman–Crippen LogP) is 2.41. The van der Waals surface area contributed by atoms with Gasteiger partial charge in [0.1, 0.15) is 5.75 Å². The largest absolute Gasteiger partial charge is 0.490 e.